The van der Waals surface area contributed by atoms with E-state index < -0.39 is 23.1 Å². The Bertz CT molecular complexity index is 2470. The van der Waals surface area contributed by atoms with Crippen molar-refractivity contribution in [3.63, 3.8) is 0 Å². The average Bonchev–Trinajstić information content (AvgIpc) is 3.20. The maximum Gasteiger partial charge on any atom is 0.343 e. The van der Waals surface area contributed by atoms with E-state index in [0.29, 0.717) is 57.0 Å². The highest BCUT2D eigenvalue weighted by atomic mass is 35.5. The van der Waals surface area contributed by atoms with E-state index >= 15 is 0 Å². The Morgan fingerprint density at radius 2 is 1.05 bits per heavy atom. The Labute approximate surface area is 340 Å². The van der Waals surface area contributed by atoms with E-state index in [1.54, 1.807) is 69.3 Å². The molecule has 0 aliphatic heterocycles. The number of carbonyl (C=O) groups is 2. The zero-order chi connectivity index (χ0) is 41.1. The van der Waals surface area contributed by atoms with Gasteiger partial charge in [-0.3, -0.25) is 9.59 Å². The zero-order valence-corrected chi connectivity index (χ0v) is 33.6. The second kappa shape index (κ2) is 19.6. The Morgan fingerprint density at radius 1 is 0.632 bits per heavy atom. The highest BCUT2D eigenvalue weighted by Crippen LogP contribution is 2.30. The summed E-state index contributed by atoms with van der Waals surface area (Å²) in [5.41, 5.74) is 2.93. The van der Waals surface area contributed by atoms with Crippen molar-refractivity contribution in [3.8, 4) is 22.5 Å². The van der Waals surface area contributed by atoms with Crippen molar-refractivity contribution in [1.29, 1.82) is 0 Å². The molecule has 0 bridgehead atoms. The van der Waals surface area contributed by atoms with Crippen LogP contribution >= 0.6 is 23.2 Å². The molecule has 0 unspecified atom stereocenters. The van der Waals surface area contributed by atoms with Crippen LogP contribution in [0.5, 0.6) is 0 Å². The van der Waals surface area contributed by atoms with Crippen LogP contribution in [0.15, 0.2) is 119 Å². The first-order valence-corrected chi connectivity index (χ1v) is 19.1. The molecular formula is C43H42Cl2N6O6. The van der Waals surface area contributed by atoms with Crippen LogP contribution in [0.2, 0.25) is 10.0 Å². The van der Waals surface area contributed by atoms with Gasteiger partial charge in [0.15, 0.2) is 0 Å². The summed E-state index contributed by atoms with van der Waals surface area (Å²) in [7, 11) is 0. The number of hydrogen-bond donors (Lipinski definition) is 2. The molecule has 2 aromatic heterocycles. The van der Waals surface area contributed by atoms with Gasteiger partial charge in [0, 0.05) is 45.6 Å². The lowest BCUT2D eigenvalue weighted by atomic mass is 10.0. The summed E-state index contributed by atoms with van der Waals surface area (Å²) in [4.78, 5) is 51.9. The SMILES string of the molecule is CCOC(=O)c1c(-c2ccccc2)nn(CC)c(=O)c1Nc1cccc(Cl)c1.CCn1nc(-c2ccccc2)c(C(=O)OC(C)C)c(Nc2cccc(Cl)c2)c1=O. The molecule has 6 rings (SSSR count). The van der Waals surface area contributed by atoms with Crippen LogP contribution in [0.3, 0.4) is 0 Å². The van der Waals surface area contributed by atoms with Crippen LogP contribution in [0.1, 0.15) is 55.3 Å². The lowest BCUT2D eigenvalue weighted by Crippen LogP contribution is -2.29. The summed E-state index contributed by atoms with van der Waals surface area (Å²) >= 11 is 12.1. The molecule has 6 aromatic rings. The molecular weight excluding hydrogens is 767 g/mol. The number of carbonyl (C=O) groups excluding carboxylic acids is 2. The van der Waals surface area contributed by atoms with Gasteiger partial charge < -0.3 is 20.1 Å². The number of aromatic nitrogens is 4. The molecule has 2 N–H and O–H groups in total. The smallest absolute Gasteiger partial charge is 0.343 e. The minimum absolute atomic E-state index is 0.0968. The van der Waals surface area contributed by atoms with Crippen LogP contribution < -0.4 is 21.8 Å². The molecule has 0 radical (unpaired) electrons. The molecule has 0 fully saturated rings. The van der Waals surface area contributed by atoms with Crippen LogP contribution in [-0.2, 0) is 22.6 Å². The Kier molecular flexibility index (Phi) is 14.4. The lowest BCUT2D eigenvalue weighted by molar-refractivity contribution is 0.0378. The van der Waals surface area contributed by atoms with E-state index in [9.17, 15) is 19.2 Å². The quantitative estimate of drug-likeness (QED) is 0.115. The second-order valence-corrected chi connectivity index (χ2v) is 13.5. The Balaban J connectivity index is 0.000000218. The molecule has 0 aliphatic rings. The van der Waals surface area contributed by atoms with Crippen molar-refractivity contribution in [2.75, 3.05) is 17.2 Å². The van der Waals surface area contributed by atoms with Gasteiger partial charge in [-0.1, -0.05) is 96.0 Å². The van der Waals surface area contributed by atoms with Gasteiger partial charge in [-0.05, 0) is 71.0 Å². The van der Waals surface area contributed by atoms with Crippen molar-refractivity contribution >= 4 is 57.9 Å². The summed E-state index contributed by atoms with van der Waals surface area (Å²) in [6.45, 7) is 9.74. The average molecular weight is 810 g/mol. The summed E-state index contributed by atoms with van der Waals surface area (Å²) in [6, 6.07) is 32.3. The van der Waals surface area contributed by atoms with Crippen molar-refractivity contribution in [3.05, 3.63) is 151 Å². The molecule has 12 nitrogen and oxygen atoms in total. The van der Waals surface area contributed by atoms with E-state index in [1.165, 1.54) is 9.36 Å². The van der Waals surface area contributed by atoms with Gasteiger partial charge in [0.05, 0.1) is 12.7 Å². The molecule has 0 saturated heterocycles. The first kappa shape index (κ1) is 41.9. The summed E-state index contributed by atoms with van der Waals surface area (Å²) in [5, 5.41) is 16.0. The molecule has 4 aromatic carbocycles. The summed E-state index contributed by atoms with van der Waals surface area (Å²) in [6.07, 6.45) is -0.348. The second-order valence-electron chi connectivity index (χ2n) is 12.6. The molecule has 0 aliphatic carbocycles. The zero-order valence-electron chi connectivity index (χ0n) is 32.1. The molecule has 57 heavy (non-hydrogen) atoms. The number of benzene rings is 4. The maximum atomic E-state index is 13.1. The molecule has 0 saturated carbocycles. The number of nitrogens with one attached hydrogen (secondary N) is 2. The Morgan fingerprint density at radius 3 is 1.42 bits per heavy atom. The topological polar surface area (TPSA) is 146 Å². The number of esters is 2. The standard InChI is InChI=1S/C22H22ClN3O3.C21H20ClN3O3/c1-4-26-21(27)20(24-17-12-8-11-16(23)13-17)18(22(28)29-14(2)3)19(25-26)15-9-6-5-7-10-15;1-3-25-20(26)19(23-16-12-8-11-15(22)13-16)17(21(27)28-4-2)18(24-25)14-9-6-5-7-10-14/h5-14,24H,4H2,1-3H3;5-13,23H,3-4H2,1-2H3. The van der Waals surface area contributed by atoms with Crippen LogP contribution in [0.25, 0.3) is 22.5 Å². The number of ether oxygens (including phenoxy) is 2. The van der Waals surface area contributed by atoms with Gasteiger partial charge in [0.1, 0.15) is 33.9 Å². The van der Waals surface area contributed by atoms with Gasteiger partial charge >= 0.3 is 11.9 Å². The lowest BCUT2D eigenvalue weighted by Gasteiger charge is -2.18. The number of rotatable bonds is 12. The van der Waals surface area contributed by atoms with Crippen molar-refractivity contribution in [2.45, 2.75) is 53.8 Å². The summed E-state index contributed by atoms with van der Waals surface area (Å²) in [5.74, 6) is -1.23. The van der Waals surface area contributed by atoms with Gasteiger partial charge in [0.25, 0.3) is 11.1 Å². The number of nitrogens with zero attached hydrogens (tertiary/aromatic N) is 4. The predicted octanol–water partition coefficient (Wildman–Crippen LogP) is 9.40. The number of halogens is 2. The van der Waals surface area contributed by atoms with Crippen LogP contribution in [-0.4, -0.2) is 44.2 Å². The fraction of sp³-hybridized carbons (Fsp3) is 0.209. The van der Waals surface area contributed by atoms with Gasteiger partial charge in [-0.25, -0.2) is 19.0 Å². The third-order valence-corrected chi connectivity index (χ3v) is 8.69. The predicted molar refractivity (Wildman–Crippen MR) is 225 cm³/mol. The van der Waals surface area contributed by atoms with Crippen LogP contribution in [0, 0.1) is 0 Å². The Hall–Kier alpha value is -6.24. The highest BCUT2D eigenvalue weighted by molar-refractivity contribution is 6.31. The highest BCUT2D eigenvalue weighted by Gasteiger charge is 2.27. The fourth-order valence-corrected chi connectivity index (χ4v) is 6.07. The van der Waals surface area contributed by atoms with E-state index in [4.69, 9.17) is 32.7 Å². The van der Waals surface area contributed by atoms with Crippen molar-refractivity contribution in [2.24, 2.45) is 0 Å². The molecule has 0 amide bonds. The van der Waals surface area contributed by atoms with Gasteiger partial charge in [0.2, 0.25) is 0 Å². The van der Waals surface area contributed by atoms with E-state index in [1.807, 2.05) is 74.5 Å². The third-order valence-electron chi connectivity index (χ3n) is 8.22. The number of hydrogen-bond acceptors (Lipinski definition) is 10. The molecule has 0 spiro atoms. The third kappa shape index (κ3) is 10.3. The molecule has 294 valence electrons. The van der Waals surface area contributed by atoms with Crippen LogP contribution in [0.4, 0.5) is 22.7 Å². The minimum atomic E-state index is -0.615. The minimum Gasteiger partial charge on any atom is -0.462 e. The van der Waals surface area contributed by atoms with Crippen molar-refractivity contribution in [1.82, 2.24) is 19.6 Å². The fourth-order valence-electron chi connectivity index (χ4n) is 5.69. The summed E-state index contributed by atoms with van der Waals surface area (Å²) < 4.78 is 13.3. The number of aryl methyl sites for hydroxylation is 2. The molecule has 14 heteroatoms. The first-order chi connectivity index (χ1) is 27.4. The maximum absolute atomic E-state index is 13.1. The van der Waals surface area contributed by atoms with E-state index in [-0.39, 0.29) is 35.2 Å². The monoisotopic (exact) mass is 808 g/mol. The first-order valence-electron chi connectivity index (χ1n) is 18.3. The van der Waals surface area contributed by atoms with E-state index in [0.717, 1.165) is 0 Å². The number of anilines is 4. The molecule has 2 heterocycles. The van der Waals surface area contributed by atoms with Gasteiger partial charge in [-0.2, -0.15) is 10.2 Å². The normalized spacial score (nSPS) is 10.7. The van der Waals surface area contributed by atoms with Crippen molar-refractivity contribution < 1.29 is 19.1 Å². The molecule has 0 atom stereocenters. The van der Waals surface area contributed by atoms with E-state index in [2.05, 4.69) is 20.8 Å². The largest absolute Gasteiger partial charge is 0.462 e. The van der Waals surface area contributed by atoms with Gasteiger partial charge in [-0.15, -0.1) is 0 Å².